The van der Waals surface area contributed by atoms with Gasteiger partial charge in [-0.2, -0.15) is 0 Å². The summed E-state index contributed by atoms with van der Waals surface area (Å²) < 4.78 is 5.29. The van der Waals surface area contributed by atoms with Gasteiger partial charge in [0, 0.05) is 20.2 Å². The topological polar surface area (TPSA) is 87.7 Å². The highest BCUT2D eigenvalue weighted by molar-refractivity contribution is 6.06. The molecule has 7 nitrogen and oxygen atoms in total. The summed E-state index contributed by atoms with van der Waals surface area (Å²) in [6, 6.07) is 0. The van der Waals surface area contributed by atoms with Crippen LogP contribution >= 0.6 is 12.4 Å². The maximum atomic E-state index is 12.7. The van der Waals surface area contributed by atoms with Crippen LogP contribution in [0.4, 0.5) is 0 Å². The van der Waals surface area contributed by atoms with E-state index in [0.29, 0.717) is 13.2 Å². The van der Waals surface area contributed by atoms with Crippen molar-refractivity contribution in [3.8, 4) is 0 Å². The number of piperidine rings is 1. The standard InChI is InChI=1S/C19H27N3O4.ClH/c1-26-11-19(4-6-20-7-5-19)18(25)21-8-9-22-16(23)14-12-2-3-13(10-12)15(14)17(22)24;/h2-3,12-15,20H,4-11H2,1H3,(H,21,25);1H. The molecule has 2 aliphatic heterocycles. The Hall–Kier alpha value is -1.44. The molecule has 0 spiro atoms. The van der Waals surface area contributed by atoms with E-state index >= 15 is 0 Å². The zero-order chi connectivity index (χ0) is 18.3. The van der Waals surface area contributed by atoms with Gasteiger partial charge in [0.25, 0.3) is 0 Å². The highest BCUT2D eigenvalue weighted by Gasteiger charge is 2.59. The third kappa shape index (κ3) is 3.30. The number of likely N-dealkylation sites (tertiary alicyclic amines) is 1. The van der Waals surface area contributed by atoms with Gasteiger partial charge >= 0.3 is 0 Å². The van der Waals surface area contributed by atoms with Crippen molar-refractivity contribution in [1.29, 1.82) is 0 Å². The number of amides is 3. The molecule has 8 heteroatoms. The molecule has 2 bridgehead atoms. The summed E-state index contributed by atoms with van der Waals surface area (Å²) in [6.07, 6.45) is 6.58. The quantitative estimate of drug-likeness (QED) is 0.498. The number of hydrogen-bond acceptors (Lipinski definition) is 5. The van der Waals surface area contributed by atoms with Crippen LogP contribution in [-0.4, -0.2) is 62.5 Å². The van der Waals surface area contributed by atoms with Gasteiger partial charge < -0.3 is 15.4 Å². The molecule has 1 saturated carbocycles. The Morgan fingerprint density at radius 3 is 2.37 bits per heavy atom. The van der Waals surface area contributed by atoms with Crippen LogP contribution in [0.5, 0.6) is 0 Å². The smallest absolute Gasteiger partial charge is 0.233 e. The fourth-order valence-corrected chi connectivity index (χ4v) is 5.27. The lowest BCUT2D eigenvalue weighted by atomic mass is 9.78. The number of allylic oxidation sites excluding steroid dienone is 2. The van der Waals surface area contributed by atoms with Gasteiger partial charge in [0.1, 0.15) is 0 Å². The molecule has 4 rings (SSSR count). The molecule has 3 fully saturated rings. The molecule has 0 aromatic carbocycles. The van der Waals surface area contributed by atoms with Crippen LogP contribution in [0.15, 0.2) is 12.2 Å². The Morgan fingerprint density at radius 1 is 1.22 bits per heavy atom. The Bertz CT molecular complexity index is 611. The van der Waals surface area contributed by atoms with Crippen molar-refractivity contribution in [1.82, 2.24) is 15.5 Å². The third-order valence-corrected chi connectivity index (χ3v) is 6.65. The number of nitrogens with zero attached hydrogens (tertiary/aromatic N) is 1. The van der Waals surface area contributed by atoms with Gasteiger partial charge in [-0.25, -0.2) is 0 Å². The monoisotopic (exact) mass is 397 g/mol. The number of nitrogens with one attached hydrogen (secondary N) is 2. The normalized spacial score (nSPS) is 33.1. The van der Waals surface area contributed by atoms with Gasteiger partial charge in [-0.05, 0) is 44.2 Å². The average molecular weight is 398 g/mol. The maximum Gasteiger partial charge on any atom is 0.233 e. The van der Waals surface area contributed by atoms with Crippen molar-refractivity contribution in [3.05, 3.63) is 12.2 Å². The van der Waals surface area contributed by atoms with Crippen LogP contribution < -0.4 is 10.6 Å². The van der Waals surface area contributed by atoms with E-state index in [2.05, 4.69) is 22.8 Å². The number of imide groups is 1. The van der Waals surface area contributed by atoms with Gasteiger partial charge in [-0.1, -0.05) is 12.2 Å². The van der Waals surface area contributed by atoms with Gasteiger partial charge in [0.15, 0.2) is 0 Å². The Balaban J connectivity index is 0.00000210. The summed E-state index contributed by atoms with van der Waals surface area (Å²) in [5, 5.41) is 6.20. The van der Waals surface area contributed by atoms with E-state index in [1.54, 1.807) is 7.11 Å². The number of rotatable bonds is 6. The lowest BCUT2D eigenvalue weighted by molar-refractivity contribution is -0.142. The lowest BCUT2D eigenvalue weighted by Crippen LogP contribution is -2.51. The van der Waals surface area contributed by atoms with Gasteiger partial charge in [-0.3, -0.25) is 19.3 Å². The summed E-state index contributed by atoms with van der Waals surface area (Å²) in [4.78, 5) is 39.4. The van der Waals surface area contributed by atoms with Crippen LogP contribution in [0.1, 0.15) is 19.3 Å². The second-order valence-corrected chi connectivity index (χ2v) is 8.05. The number of methoxy groups -OCH3 is 1. The van der Waals surface area contributed by atoms with Crippen LogP contribution in [0, 0.1) is 29.1 Å². The highest BCUT2D eigenvalue weighted by atomic mass is 35.5. The first kappa shape index (κ1) is 20.3. The molecule has 2 heterocycles. The molecular weight excluding hydrogens is 370 g/mol. The first-order valence-electron chi connectivity index (χ1n) is 9.59. The van der Waals surface area contributed by atoms with Crippen molar-refractivity contribution in [3.63, 3.8) is 0 Å². The fraction of sp³-hybridized carbons (Fsp3) is 0.737. The molecule has 27 heavy (non-hydrogen) atoms. The second-order valence-electron chi connectivity index (χ2n) is 8.05. The molecule has 4 atom stereocenters. The largest absolute Gasteiger partial charge is 0.384 e. The van der Waals surface area contributed by atoms with Crippen molar-refractivity contribution in [2.45, 2.75) is 19.3 Å². The van der Waals surface area contributed by atoms with Gasteiger partial charge in [0.05, 0.1) is 23.9 Å². The van der Waals surface area contributed by atoms with E-state index in [-0.39, 0.29) is 60.3 Å². The number of carbonyl (C=O) groups is 3. The Labute approximate surface area is 165 Å². The van der Waals surface area contributed by atoms with Gasteiger partial charge in [0.2, 0.25) is 17.7 Å². The molecule has 0 aromatic rings. The van der Waals surface area contributed by atoms with Gasteiger partial charge in [-0.15, -0.1) is 12.4 Å². The van der Waals surface area contributed by atoms with Crippen molar-refractivity contribution >= 4 is 30.1 Å². The molecule has 0 aromatic heterocycles. The summed E-state index contributed by atoms with van der Waals surface area (Å²) in [5.74, 6) is -0.0440. The first-order chi connectivity index (χ1) is 12.6. The minimum atomic E-state index is -0.515. The third-order valence-electron chi connectivity index (χ3n) is 6.65. The molecular formula is C19H28ClN3O4. The summed E-state index contributed by atoms with van der Waals surface area (Å²) in [7, 11) is 1.61. The van der Waals surface area contributed by atoms with Crippen molar-refractivity contribution in [2.24, 2.45) is 29.1 Å². The predicted molar refractivity (Wildman–Crippen MR) is 101 cm³/mol. The molecule has 2 aliphatic carbocycles. The second kappa shape index (κ2) is 7.89. The molecule has 4 aliphatic rings. The molecule has 3 amide bonds. The molecule has 2 saturated heterocycles. The number of fused-ring (bicyclic) bond motifs is 5. The molecule has 0 radical (unpaired) electrons. The van der Waals surface area contributed by atoms with E-state index in [4.69, 9.17) is 4.74 Å². The van der Waals surface area contributed by atoms with Crippen molar-refractivity contribution < 1.29 is 19.1 Å². The summed E-state index contributed by atoms with van der Waals surface area (Å²) in [5.41, 5.74) is -0.515. The Morgan fingerprint density at radius 2 is 1.81 bits per heavy atom. The zero-order valence-electron chi connectivity index (χ0n) is 15.6. The maximum absolute atomic E-state index is 12.7. The minimum Gasteiger partial charge on any atom is -0.384 e. The van der Waals surface area contributed by atoms with Crippen molar-refractivity contribution in [2.75, 3.05) is 39.9 Å². The highest BCUT2D eigenvalue weighted by Crippen LogP contribution is 2.52. The summed E-state index contributed by atoms with van der Waals surface area (Å²) in [6.45, 7) is 2.54. The van der Waals surface area contributed by atoms with E-state index in [1.807, 2.05) is 0 Å². The predicted octanol–water partition coefficient (Wildman–Crippen LogP) is 0.348. The summed E-state index contributed by atoms with van der Waals surface area (Å²) >= 11 is 0. The van der Waals surface area contributed by atoms with Crippen LogP contribution in [0.3, 0.4) is 0 Å². The van der Waals surface area contributed by atoms with Crippen LogP contribution in [0.2, 0.25) is 0 Å². The lowest BCUT2D eigenvalue weighted by Gasteiger charge is -2.35. The van der Waals surface area contributed by atoms with Crippen LogP contribution in [-0.2, 0) is 19.1 Å². The fourth-order valence-electron chi connectivity index (χ4n) is 5.27. The van der Waals surface area contributed by atoms with E-state index in [0.717, 1.165) is 32.4 Å². The number of carbonyl (C=O) groups excluding carboxylic acids is 3. The van der Waals surface area contributed by atoms with E-state index in [1.165, 1.54) is 4.90 Å². The van der Waals surface area contributed by atoms with Crippen LogP contribution in [0.25, 0.3) is 0 Å². The average Bonchev–Trinajstić information content (AvgIpc) is 3.32. The zero-order valence-corrected chi connectivity index (χ0v) is 16.4. The first-order valence-corrected chi connectivity index (χ1v) is 9.59. The van der Waals surface area contributed by atoms with E-state index < -0.39 is 5.41 Å². The minimum absolute atomic E-state index is 0. The SMILES string of the molecule is COCC1(C(=O)NCCN2C(=O)C3C4C=CC(C4)C3C2=O)CCNCC1.Cl. The molecule has 4 unspecified atom stereocenters. The number of hydrogen-bond donors (Lipinski definition) is 2. The number of halogens is 1. The molecule has 150 valence electrons. The Kier molecular flexibility index (Phi) is 5.93. The number of ether oxygens (including phenoxy) is 1. The molecule has 2 N–H and O–H groups in total. The van der Waals surface area contributed by atoms with E-state index in [9.17, 15) is 14.4 Å².